The van der Waals surface area contributed by atoms with Gasteiger partial charge >= 0.3 is 0 Å². The van der Waals surface area contributed by atoms with Crippen LogP contribution in [0.25, 0.3) is 6.08 Å². The van der Waals surface area contributed by atoms with Gasteiger partial charge in [-0.1, -0.05) is 49.1 Å². The van der Waals surface area contributed by atoms with E-state index in [0.29, 0.717) is 0 Å². The van der Waals surface area contributed by atoms with E-state index in [1.165, 1.54) is 0 Å². The largest absolute Gasteiger partial charge is 0.455 e. The summed E-state index contributed by atoms with van der Waals surface area (Å²) in [5, 5.41) is 0. The maximum absolute atomic E-state index is 5.75. The second-order valence-corrected chi connectivity index (χ2v) is 3.86. The van der Waals surface area contributed by atoms with Crippen molar-refractivity contribution < 1.29 is 9.47 Å². The van der Waals surface area contributed by atoms with E-state index in [2.05, 4.69) is 6.58 Å². The van der Waals surface area contributed by atoms with Crippen molar-refractivity contribution in [3.05, 3.63) is 66.7 Å². The van der Waals surface area contributed by atoms with Gasteiger partial charge in [-0.2, -0.15) is 0 Å². The number of ether oxygens (including phenoxy) is 2. The third-order valence-electron chi connectivity index (χ3n) is 2.48. The third-order valence-corrected chi connectivity index (χ3v) is 2.48. The van der Waals surface area contributed by atoms with Gasteiger partial charge in [0.25, 0.3) is 0 Å². The summed E-state index contributed by atoms with van der Waals surface area (Å²) in [6, 6.07) is 17.4. The molecule has 0 aromatic heterocycles. The van der Waals surface area contributed by atoms with E-state index in [-0.39, 0.29) is 6.29 Å². The first-order chi connectivity index (χ1) is 8.79. The Morgan fingerprint density at radius 1 is 0.944 bits per heavy atom. The van der Waals surface area contributed by atoms with Gasteiger partial charge in [-0.05, 0) is 18.2 Å². The van der Waals surface area contributed by atoms with Gasteiger partial charge in [-0.15, -0.1) is 0 Å². The highest BCUT2D eigenvalue weighted by Crippen LogP contribution is 2.21. The monoisotopic (exact) mass is 240 g/mol. The van der Waals surface area contributed by atoms with Crippen molar-refractivity contribution in [2.24, 2.45) is 0 Å². The molecule has 92 valence electrons. The Kier molecular flexibility index (Phi) is 4.02. The van der Waals surface area contributed by atoms with Crippen LogP contribution in [0.4, 0.5) is 0 Å². The van der Waals surface area contributed by atoms with Crippen LogP contribution in [0.2, 0.25) is 0 Å². The zero-order chi connectivity index (χ0) is 12.8. The van der Waals surface area contributed by atoms with Gasteiger partial charge in [0.2, 0.25) is 6.29 Å². The number of benzene rings is 2. The summed E-state index contributed by atoms with van der Waals surface area (Å²) in [6.07, 6.45) is 1.42. The van der Waals surface area contributed by atoms with Crippen LogP contribution in [0.3, 0.4) is 0 Å². The topological polar surface area (TPSA) is 18.5 Å². The lowest BCUT2D eigenvalue weighted by Crippen LogP contribution is -2.19. The minimum atomic E-state index is -0.353. The maximum Gasteiger partial charge on any atom is 0.238 e. The Morgan fingerprint density at radius 2 is 1.61 bits per heavy atom. The van der Waals surface area contributed by atoms with Gasteiger partial charge in [0, 0.05) is 12.5 Å². The second kappa shape index (κ2) is 5.92. The lowest BCUT2D eigenvalue weighted by molar-refractivity contribution is 0.0221. The van der Waals surface area contributed by atoms with Crippen molar-refractivity contribution in [2.45, 2.75) is 13.2 Å². The molecule has 0 bridgehead atoms. The predicted octanol–water partition coefficient (Wildman–Crippen LogP) is 4.13. The molecule has 0 saturated carbocycles. The van der Waals surface area contributed by atoms with Crippen molar-refractivity contribution in [1.82, 2.24) is 0 Å². The average molecular weight is 240 g/mol. The second-order valence-electron chi connectivity index (χ2n) is 3.86. The van der Waals surface area contributed by atoms with E-state index in [1.54, 1.807) is 6.08 Å². The normalized spacial score (nSPS) is 11.6. The van der Waals surface area contributed by atoms with E-state index in [1.807, 2.05) is 61.5 Å². The maximum atomic E-state index is 5.75. The Labute approximate surface area is 107 Å². The van der Waals surface area contributed by atoms with Crippen LogP contribution in [0.5, 0.6) is 11.5 Å². The minimum Gasteiger partial charge on any atom is -0.455 e. The summed E-state index contributed by atoms with van der Waals surface area (Å²) in [5.41, 5.74) is 0.959. The molecule has 0 saturated heterocycles. The molecular weight excluding hydrogens is 224 g/mol. The number of para-hydroxylation sites is 2. The first kappa shape index (κ1) is 12.2. The van der Waals surface area contributed by atoms with Gasteiger partial charge in [-0.25, -0.2) is 0 Å². The molecule has 0 spiro atoms. The molecule has 1 atom stereocenters. The molecule has 0 radical (unpaired) electrons. The Balaban J connectivity index is 2.03. The molecule has 18 heavy (non-hydrogen) atoms. The fraction of sp³-hybridized carbons (Fsp3) is 0.125. The van der Waals surface area contributed by atoms with Crippen molar-refractivity contribution in [1.29, 1.82) is 0 Å². The lowest BCUT2D eigenvalue weighted by atomic mass is 10.2. The first-order valence-corrected chi connectivity index (χ1v) is 5.89. The molecule has 2 heteroatoms. The number of rotatable bonds is 5. The van der Waals surface area contributed by atoms with Crippen molar-refractivity contribution in [3.8, 4) is 11.5 Å². The van der Waals surface area contributed by atoms with E-state index < -0.39 is 0 Å². The van der Waals surface area contributed by atoms with E-state index in [9.17, 15) is 0 Å². The highest BCUT2D eigenvalue weighted by atomic mass is 16.7. The van der Waals surface area contributed by atoms with Crippen LogP contribution in [0.15, 0.2) is 61.2 Å². The minimum absolute atomic E-state index is 0.353. The number of hydrogen-bond donors (Lipinski definition) is 0. The molecule has 0 aliphatic carbocycles. The summed E-state index contributed by atoms with van der Waals surface area (Å²) in [6.45, 7) is 5.63. The summed E-state index contributed by atoms with van der Waals surface area (Å²) >= 11 is 0. The standard InChI is InChI=1S/C16H16O2/c1-3-14-9-7-8-12-16(14)18-13(2)17-15-10-5-4-6-11-15/h3-13H,1H2,2H3. The van der Waals surface area contributed by atoms with Gasteiger partial charge in [0.05, 0.1) is 0 Å². The first-order valence-electron chi connectivity index (χ1n) is 5.89. The molecule has 0 aliphatic heterocycles. The predicted molar refractivity (Wildman–Crippen MR) is 73.7 cm³/mol. The SMILES string of the molecule is C=Cc1ccccc1OC(C)Oc1ccccc1. The van der Waals surface area contributed by atoms with Crippen LogP contribution in [0, 0.1) is 0 Å². The summed E-state index contributed by atoms with van der Waals surface area (Å²) in [5.74, 6) is 1.57. The van der Waals surface area contributed by atoms with Gasteiger partial charge in [-0.3, -0.25) is 0 Å². The quantitative estimate of drug-likeness (QED) is 0.731. The summed E-state index contributed by atoms with van der Waals surface area (Å²) in [7, 11) is 0. The molecule has 0 fully saturated rings. The van der Waals surface area contributed by atoms with Crippen LogP contribution in [-0.2, 0) is 0 Å². The van der Waals surface area contributed by atoms with Crippen molar-refractivity contribution >= 4 is 6.08 Å². The van der Waals surface area contributed by atoms with Gasteiger partial charge in [0.15, 0.2) is 0 Å². The molecule has 2 rings (SSSR count). The van der Waals surface area contributed by atoms with Crippen LogP contribution >= 0.6 is 0 Å². The average Bonchev–Trinajstić information content (AvgIpc) is 2.40. The van der Waals surface area contributed by atoms with E-state index >= 15 is 0 Å². The Bertz CT molecular complexity index is 506. The van der Waals surface area contributed by atoms with Crippen LogP contribution < -0.4 is 9.47 Å². The van der Waals surface area contributed by atoms with Gasteiger partial charge in [0.1, 0.15) is 11.5 Å². The molecule has 0 heterocycles. The molecule has 2 nitrogen and oxygen atoms in total. The Hall–Kier alpha value is -2.22. The molecule has 0 N–H and O–H groups in total. The fourth-order valence-corrected chi connectivity index (χ4v) is 1.65. The van der Waals surface area contributed by atoms with Crippen molar-refractivity contribution in [3.63, 3.8) is 0 Å². The molecule has 2 aromatic rings. The molecule has 0 aliphatic rings. The zero-order valence-corrected chi connectivity index (χ0v) is 10.4. The fourth-order valence-electron chi connectivity index (χ4n) is 1.65. The van der Waals surface area contributed by atoms with Gasteiger partial charge < -0.3 is 9.47 Å². The highest BCUT2D eigenvalue weighted by Gasteiger charge is 2.07. The lowest BCUT2D eigenvalue weighted by Gasteiger charge is -2.17. The third kappa shape index (κ3) is 3.14. The molecule has 0 amide bonds. The summed E-state index contributed by atoms with van der Waals surface area (Å²) < 4.78 is 11.4. The molecular formula is C16H16O2. The van der Waals surface area contributed by atoms with Crippen LogP contribution in [-0.4, -0.2) is 6.29 Å². The smallest absolute Gasteiger partial charge is 0.238 e. The Morgan fingerprint density at radius 3 is 2.33 bits per heavy atom. The van der Waals surface area contributed by atoms with E-state index in [0.717, 1.165) is 17.1 Å². The number of hydrogen-bond acceptors (Lipinski definition) is 2. The van der Waals surface area contributed by atoms with Crippen molar-refractivity contribution in [2.75, 3.05) is 0 Å². The zero-order valence-electron chi connectivity index (χ0n) is 10.4. The molecule has 1 unspecified atom stereocenters. The highest BCUT2D eigenvalue weighted by molar-refractivity contribution is 5.55. The summed E-state index contributed by atoms with van der Waals surface area (Å²) in [4.78, 5) is 0. The molecule has 2 aromatic carbocycles. The van der Waals surface area contributed by atoms with Crippen LogP contribution in [0.1, 0.15) is 12.5 Å². The van der Waals surface area contributed by atoms with E-state index in [4.69, 9.17) is 9.47 Å².